The molecule has 0 amide bonds. The molecule has 5 nitrogen and oxygen atoms in total. The van der Waals surface area contributed by atoms with Crippen molar-refractivity contribution < 1.29 is 14.6 Å². The Labute approximate surface area is 151 Å². The summed E-state index contributed by atoms with van der Waals surface area (Å²) in [5.74, 6) is -0.0667. The molecule has 0 spiro atoms. The maximum absolute atomic E-state index is 13.3. The SMILES string of the molecule is Cc1cc(C)c(-n2c[n+](C)c3c2C(=O)c2ccccc2/C3=N/O)c(C)c1. The normalized spacial score (nSPS) is 14.5. The van der Waals surface area contributed by atoms with E-state index in [0.29, 0.717) is 28.2 Å². The standard InChI is InChI=1S/C21H19N3O2/c1-12-9-13(2)18(14(3)10-12)24-11-23(4)19-17(22-26)15-7-5-6-8-16(15)21(25)20(19)24/h5-11H,1-4H3/p+1. The number of ketones is 1. The van der Waals surface area contributed by atoms with Crippen LogP contribution in [0.3, 0.4) is 0 Å². The van der Waals surface area contributed by atoms with Crippen molar-refractivity contribution in [2.45, 2.75) is 20.8 Å². The monoisotopic (exact) mass is 346 g/mol. The van der Waals surface area contributed by atoms with Crippen molar-refractivity contribution in [3.63, 3.8) is 0 Å². The van der Waals surface area contributed by atoms with Gasteiger partial charge in [0.05, 0.1) is 7.05 Å². The van der Waals surface area contributed by atoms with Gasteiger partial charge in [-0.05, 0) is 31.9 Å². The van der Waals surface area contributed by atoms with Crippen LogP contribution < -0.4 is 4.57 Å². The fourth-order valence-corrected chi connectivity index (χ4v) is 4.03. The highest BCUT2D eigenvalue weighted by atomic mass is 16.4. The Bertz CT molecular complexity index is 1080. The summed E-state index contributed by atoms with van der Waals surface area (Å²) in [4.78, 5) is 13.3. The fraction of sp³-hybridized carbons (Fsp3) is 0.190. The third-order valence-corrected chi connectivity index (χ3v) is 4.95. The van der Waals surface area contributed by atoms with Gasteiger partial charge in [-0.25, -0.2) is 4.57 Å². The van der Waals surface area contributed by atoms with Crippen LogP contribution in [-0.4, -0.2) is 21.3 Å². The summed E-state index contributed by atoms with van der Waals surface area (Å²) < 4.78 is 3.76. The molecule has 0 unspecified atom stereocenters. The molecule has 2 aromatic carbocycles. The molecule has 0 fully saturated rings. The lowest BCUT2D eigenvalue weighted by Crippen LogP contribution is -2.37. The van der Waals surface area contributed by atoms with Crippen LogP contribution in [0.4, 0.5) is 0 Å². The zero-order valence-electron chi connectivity index (χ0n) is 15.2. The minimum Gasteiger partial charge on any atom is -0.410 e. The van der Waals surface area contributed by atoms with Gasteiger partial charge in [-0.1, -0.05) is 47.1 Å². The van der Waals surface area contributed by atoms with E-state index in [1.165, 1.54) is 5.56 Å². The van der Waals surface area contributed by atoms with Crippen molar-refractivity contribution in [1.29, 1.82) is 0 Å². The minimum atomic E-state index is -0.0667. The minimum absolute atomic E-state index is 0.0667. The highest BCUT2D eigenvalue weighted by Crippen LogP contribution is 2.30. The number of aryl methyl sites for hydroxylation is 4. The first-order chi connectivity index (χ1) is 12.4. The summed E-state index contributed by atoms with van der Waals surface area (Å²) in [6.07, 6.45) is 1.88. The highest BCUT2D eigenvalue weighted by Gasteiger charge is 2.40. The van der Waals surface area contributed by atoms with Crippen LogP contribution in [0.2, 0.25) is 0 Å². The maximum Gasteiger partial charge on any atom is 0.249 e. The molecular weight excluding hydrogens is 326 g/mol. The molecule has 0 atom stereocenters. The van der Waals surface area contributed by atoms with Crippen LogP contribution in [0, 0.1) is 20.8 Å². The van der Waals surface area contributed by atoms with Gasteiger partial charge in [0.1, 0.15) is 5.69 Å². The molecule has 3 aromatic rings. The van der Waals surface area contributed by atoms with E-state index in [4.69, 9.17) is 0 Å². The summed E-state index contributed by atoms with van der Waals surface area (Å²) in [6.45, 7) is 6.15. The molecule has 1 aliphatic rings. The molecule has 0 saturated carbocycles. The summed E-state index contributed by atoms with van der Waals surface area (Å²) in [5, 5.41) is 13.2. The van der Waals surface area contributed by atoms with Gasteiger partial charge in [0.2, 0.25) is 23.5 Å². The third-order valence-electron chi connectivity index (χ3n) is 4.95. The predicted molar refractivity (Wildman–Crippen MR) is 98.5 cm³/mol. The van der Waals surface area contributed by atoms with Crippen LogP contribution in [0.25, 0.3) is 5.69 Å². The first kappa shape index (κ1) is 16.3. The van der Waals surface area contributed by atoms with E-state index in [9.17, 15) is 10.0 Å². The van der Waals surface area contributed by atoms with Crippen molar-refractivity contribution in [2.75, 3.05) is 0 Å². The van der Waals surface area contributed by atoms with Crippen LogP contribution in [0.1, 0.15) is 44.0 Å². The van der Waals surface area contributed by atoms with Crippen LogP contribution in [0.5, 0.6) is 0 Å². The first-order valence-corrected chi connectivity index (χ1v) is 8.49. The topological polar surface area (TPSA) is 58.5 Å². The maximum atomic E-state index is 13.3. The van der Waals surface area contributed by atoms with E-state index in [0.717, 1.165) is 16.8 Å². The molecule has 1 N–H and O–H groups in total. The number of benzene rings is 2. The van der Waals surface area contributed by atoms with Gasteiger partial charge < -0.3 is 5.21 Å². The van der Waals surface area contributed by atoms with Crippen molar-refractivity contribution in [1.82, 2.24) is 4.57 Å². The Morgan fingerprint density at radius 3 is 2.27 bits per heavy atom. The van der Waals surface area contributed by atoms with Gasteiger partial charge in [0, 0.05) is 11.1 Å². The highest BCUT2D eigenvalue weighted by molar-refractivity contribution is 6.28. The largest absolute Gasteiger partial charge is 0.410 e. The van der Waals surface area contributed by atoms with E-state index in [2.05, 4.69) is 24.2 Å². The van der Waals surface area contributed by atoms with Gasteiger partial charge in [-0.2, -0.15) is 4.57 Å². The smallest absolute Gasteiger partial charge is 0.249 e. The second kappa shape index (κ2) is 5.66. The van der Waals surface area contributed by atoms with E-state index in [1.807, 2.05) is 54.6 Å². The van der Waals surface area contributed by atoms with Gasteiger partial charge in [0.25, 0.3) is 0 Å². The van der Waals surface area contributed by atoms with Gasteiger partial charge in [0.15, 0.2) is 5.71 Å². The number of hydrogen-bond donors (Lipinski definition) is 1. The van der Waals surface area contributed by atoms with E-state index >= 15 is 0 Å². The van der Waals surface area contributed by atoms with Gasteiger partial charge in [-0.3, -0.25) is 4.79 Å². The van der Waals surface area contributed by atoms with Crippen molar-refractivity contribution in [3.05, 3.63) is 81.9 Å². The average Bonchev–Trinajstić information content (AvgIpc) is 2.92. The van der Waals surface area contributed by atoms with Crippen LogP contribution in [0.15, 0.2) is 47.9 Å². The Morgan fingerprint density at radius 1 is 1.04 bits per heavy atom. The molecule has 4 rings (SSSR count). The molecule has 0 saturated heterocycles. The van der Waals surface area contributed by atoms with Crippen LogP contribution >= 0.6 is 0 Å². The Hall–Kier alpha value is -3.21. The molecule has 0 bridgehead atoms. The Morgan fingerprint density at radius 2 is 1.65 bits per heavy atom. The lowest BCUT2D eigenvalue weighted by atomic mass is 9.89. The number of carbonyl (C=O) groups is 1. The number of imidazole rings is 1. The Balaban J connectivity index is 2.08. The number of carbonyl (C=O) groups excluding carboxylic acids is 1. The summed E-state index contributed by atoms with van der Waals surface area (Å²) in [7, 11) is 1.86. The number of nitrogens with zero attached hydrogens (tertiary/aromatic N) is 3. The zero-order valence-corrected chi connectivity index (χ0v) is 15.2. The van der Waals surface area contributed by atoms with Crippen molar-refractivity contribution in [2.24, 2.45) is 12.2 Å². The molecule has 5 heteroatoms. The zero-order chi connectivity index (χ0) is 18.6. The molecular formula is C21H20N3O2+. The molecule has 0 radical (unpaired) electrons. The van der Waals surface area contributed by atoms with Gasteiger partial charge in [-0.15, -0.1) is 0 Å². The fourth-order valence-electron chi connectivity index (χ4n) is 4.03. The van der Waals surface area contributed by atoms with Crippen LogP contribution in [-0.2, 0) is 7.05 Å². The van der Waals surface area contributed by atoms with Gasteiger partial charge >= 0.3 is 0 Å². The van der Waals surface area contributed by atoms with E-state index in [-0.39, 0.29) is 5.78 Å². The molecule has 0 aliphatic heterocycles. The number of aromatic nitrogens is 2. The van der Waals surface area contributed by atoms with E-state index < -0.39 is 0 Å². The number of fused-ring (bicyclic) bond motifs is 2. The molecule has 26 heavy (non-hydrogen) atoms. The van der Waals surface area contributed by atoms with E-state index in [1.54, 1.807) is 6.07 Å². The third kappa shape index (κ3) is 2.13. The molecule has 1 heterocycles. The second-order valence-electron chi connectivity index (χ2n) is 6.86. The lowest BCUT2D eigenvalue weighted by molar-refractivity contribution is -0.671. The van der Waals surface area contributed by atoms with Crippen molar-refractivity contribution >= 4 is 11.5 Å². The quantitative estimate of drug-likeness (QED) is 0.327. The average molecular weight is 346 g/mol. The summed E-state index contributed by atoms with van der Waals surface area (Å²) in [5.41, 5.74) is 7.11. The number of oxime groups is 1. The number of hydrogen-bond acceptors (Lipinski definition) is 3. The Kier molecular flexibility index (Phi) is 3.54. The lowest BCUT2D eigenvalue weighted by Gasteiger charge is -2.15. The first-order valence-electron chi connectivity index (χ1n) is 8.49. The molecule has 1 aliphatic carbocycles. The second-order valence-corrected chi connectivity index (χ2v) is 6.86. The predicted octanol–water partition coefficient (Wildman–Crippen LogP) is 3.00. The van der Waals surface area contributed by atoms with Crippen molar-refractivity contribution in [3.8, 4) is 5.69 Å². The number of rotatable bonds is 1. The summed E-state index contributed by atoms with van der Waals surface area (Å²) in [6, 6.07) is 11.5. The molecule has 1 aromatic heterocycles. The summed E-state index contributed by atoms with van der Waals surface area (Å²) >= 11 is 0. The molecule has 130 valence electrons.